The summed E-state index contributed by atoms with van der Waals surface area (Å²) in [6, 6.07) is 12.0. The zero-order valence-corrected chi connectivity index (χ0v) is 27.8. The molecule has 2 aliphatic rings. The topological polar surface area (TPSA) is 111 Å². The summed E-state index contributed by atoms with van der Waals surface area (Å²) in [7, 11) is 0. The predicted octanol–water partition coefficient (Wildman–Crippen LogP) is 5.85. The number of halogens is 1. The Morgan fingerprint density at radius 1 is 1.00 bits per heavy atom. The van der Waals surface area contributed by atoms with E-state index >= 15 is 0 Å². The van der Waals surface area contributed by atoms with Gasteiger partial charge >= 0.3 is 5.97 Å². The summed E-state index contributed by atoms with van der Waals surface area (Å²) in [5.41, 5.74) is 9.26. The number of benzene rings is 1. The van der Waals surface area contributed by atoms with E-state index in [0.29, 0.717) is 36.8 Å². The first-order valence-electron chi connectivity index (χ1n) is 16.4. The minimum atomic E-state index is -0.575. The average Bonchev–Trinajstić information content (AvgIpc) is 3.76. The van der Waals surface area contributed by atoms with Crippen molar-refractivity contribution >= 4 is 33.3 Å². The number of ketones is 1. The summed E-state index contributed by atoms with van der Waals surface area (Å²) in [5.74, 6) is 0.554. The molecule has 0 amide bonds. The minimum Gasteiger partial charge on any atom is -0.463 e. The summed E-state index contributed by atoms with van der Waals surface area (Å²) < 4.78 is 27.2. The zero-order chi connectivity index (χ0) is 32.9. The molecule has 1 saturated heterocycles. The molecule has 0 radical (unpaired) electrons. The molecule has 4 aromatic rings. The van der Waals surface area contributed by atoms with Crippen LogP contribution in [0, 0.1) is 17.7 Å². The SMILES string of the molecule is CC(C)[C@H](N)C(=O)OCCN1CCN(Cc2ccc(-c3cc4nccc(Oc5ccc(CC(=O)CC6CC6)cc5F)c4s3)nc2)CC1. The normalized spacial score (nSPS) is 16.4. The lowest BCUT2D eigenvalue weighted by Crippen LogP contribution is -2.47. The Balaban J connectivity index is 1.02. The fourth-order valence-electron chi connectivity index (χ4n) is 5.66. The number of thiophene rings is 1. The maximum Gasteiger partial charge on any atom is 0.323 e. The lowest BCUT2D eigenvalue weighted by atomic mass is 10.0. The van der Waals surface area contributed by atoms with Crippen molar-refractivity contribution in [2.75, 3.05) is 39.3 Å². The molecular weight excluding hydrogens is 617 g/mol. The number of fused-ring (bicyclic) bond motifs is 1. The second-order valence-electron chi connectivity index (χ2n) is 13.0. The van der Waals surface area contributed by atoms with Crippen molar-refractivity contribution in [3.8, 4) is 22.1 Å². The summed E-state index contributed by atoms with van der Waals surface area (Å²) in [5, 5.41) is 0. The third-order valence-corrected chi connectivity index (χ3v) is 9.96. The zero-order valence-electron chi connectivity index (χ0n) is 27.0. The van der Waals surface area contributed by atoms with Crippen molar-refractivity contribution in [3.63, 3.8) is 0 Å². The van der Waals surface area contributed by atoms with Crippen molar-refractivity contribution in [2.24, 2.45) is 17.6 Å². The van der Waals surface area contributed by atoms with Crippen LogP contribution in [0.15, 0.2) is 54.9 Å². The number of carbonyl (C=O) groups excluding carboxylic acids is 2. The molecule has 11 heteroatoms. The number of rotatable bonds is 14. The predicted molar refractivity (Wildman–Crippen MR) is 181 cm³/mol. The largest absolute Gasteiger partial charge is 0.463 e. The van der Waals surface area contributed by atoms with Gasteiger partial charge in [0.15, 0.2) is 11.6 Å². The molecule has 1 aliphatic carbocycles. The third kappa shape index (κ3) is 8.78. The van der Waals surface area contributed by atoms with E-state index in [9.17, 15) is 14.0 Å². The molecule has 1 aromatic carbocycles. The van der Waals surface area contributed by atoms with Gasteiger partial charge in [-0.15, -0.1) is 11.3 Å². The van der Waals surface area contributed by atoms with Crippen molar-refractivity contribution in [1.29, 1.82) is 0 Å². The summed E-state index contributed by atoms with van der Waals surface area (Å²) in [4.78, 5) is 39.1. The van der Waals surface area contributed by atoms with Gasteiger partial charge in [0.05, 0.1) is 20.8 Å². The molecule has 47 heavy (non-hydrogen) atoms. The van der Waals surface area contributed by atoms with E-state index in [0.717, 1.165) is 71.9 Å². The lowest BCUT2D eigenvalue weighted by Gasteiger charge is -2.34. The summed E-state index contributed by atoms with van der Waals surface area (Å²) in [6.07, 6.45) is 6.65. The van der Waals surface area contributed by atoms with Gasteiger partial charge in [-0.3, -0.25) is 29.4 Å². The smallest absolute Gasteiger partial charge is 0.323 e. The highest BCUT2D eigenvalue weighted by molar-refractivity contribution is 7.22. The Hall–Kier alpha value is -3.77. The Kier molecular flexibility index (Phi) is 10.6. The number of esters is 1. The van der Waals surface area contributed by atoms with Gasteiger partial charge in [0, 0.05) is 70.6 Å². The number of nitrogens with zero attached hydrogens (tertiary/aromatic N) is 4. The first-order valence-corrected chi connectivity index (χ1v) is 17.2. The van der Waals surface area contributed by atoms with Crippen LogP contribution in [0.25, 0.3) is 20.8 Å². The second-order valence-corrected chi connectivity index (χ2v) is 14.0. The van der Waals surface area contributed by atoms with Crippen LogP contribution < -0.4 is 10.5 Å². The van der Waals surface area contributed by atoms with Gasteiger partial charge in [-0.1, -0.05) is 26.0 Å². The van der Waals surface area contributed by atoms with E-state index in [4.69, 9.17) is 20.2 Å². The van der Waals surface area contributed by atoms with E-state index in [1.807, 2.05) is 32.2 Å². The summed E-state index contributed by atoms with van der Waals surface area (Å²) >= 11 is 1.51. The van der Waals surface area contributed by atoms with Gasteiger partial charge in [0.25, 0.3) is 0 Å². The number of aromatic nitrogens is 2. The quantitative estimate of drug-likeness (QED) is 0.167. The number of carbonyl (C=O) groups is 2. The summed E-state index contributed by atoms with van der Waals surface area (Å²) in [6.45, 7) is 9.37. The molecule has 1 aliphatic heterocycles. The van der Waals surface area contributed by atoms with Crippen LogP contribution >= 0.6 is 11.3 Å². The second kappa shape index (κ2) is 15.0. The standard InChI is InChI=1S/C36H42FN5O4S/c1-23(2)34(38)36(44)45-16-15-41-11-13-42(14-12-41)22-26-5-7-29(40-21-26)33-20-30-35(47-33)32(9-10-39-30)46-31-8-6-25(19-28(31)37)18-27(43)17-24-3-4-24/h5-10,19-21,23-24,34H,3-4,11-18,22,38H2,1-2H3/t34-/m0/s1. The maximum absolute atomic E-state index is 15.0. The van der Waals surface area contributed by atoms with E-state index in [1.165, 1.54) is 17.4 Å². The van der Waals surface area contributed by atoms with Crippen LogP contribution in [0.2, 0.25) is 0 Å². The fraction of sp³-hybridized carbons (Fsp3) is 0.444. The maximum atomic E-state index is 15.0. The van der Waals surface area contributed by atoms with Gasteiger partial charge in [-0.05, 0) is 60.1 Å². The average molecular weight is 660 g/mol. The number of Topliss-reactive ketones (excluding diaryl/α,β-unsaturated/α-hetero) is 1. The Morgan fingerprint density at radius 3 is 2.47 bits per heavy atom. The molecule has 4 heterocycles. The number of pyridine rings is 2. The Bertz CT molecular complexity index is 1700. The Morgan fingerprint density at radius 2 is 1.77 bits per heavy atom. The molecule has 0 spiro atoms. The molecule has 3 aromatic heterocycles. The minimum absolute atomic E-state index is 0.0619. The Labute approximate surface area is 278 Å². The first-order chi connectivity index (χ1) is 22.7. The van der Waals surface area contributed by atoms with Crippen LogP contribution in [-0.2, 0) is 27.3 Å². The monoisotopic (exact) mass is 659 g/mol. The van der Waals surface area contributed by atoms with E-state index in [1.54, 1.807) is 24.4 Å². The van der Waals surface area contributed by atoms with Crippen LogP contribution in [0.4, 0.5) is 4.39 Å². The third-order valence-electron chi connectivity index (χ3n) is 8.80. The molecule has 2 N–H and O–H groups in total. The molecule has 0 unspecified atom stereocenters. The first kappa shape index (κ1) is 33.1. The molecule has 248 valence electrons. The molecule has 9 nitrogen and oxygen atoms in total. The molecule has 6 rings (SSSR count). The van der Waals surface area contributed by atoms with Crippen molar-refractivity contribution < 1.29 is 23.5 Å². The van der Waals surface area contributed by atoms with Crippen LogP contribution in [0.1, 0.15) is 44.2 Å². The van der Waals surface area contributed by atoms with Gasteiger partial charge in [0.1, 0.15) is 24.2 Å². The van der Waals surface area contributed by atoms with Gasteiger partial charge in [-0.2, -0.15) is 0 Å². The van der Waals surface area contributed by atoms with Crippen LogP contribution in [-0.4, -0.2) is 76.9 Å². The molecule has 1 saturated carbocycles. The number of hydrogen-bond donors (Lipinski definition) is 1. The lowest BCUT2D eigenvalue weighted by molar-refractivity contribution is -0.146. The number of nitrogens with two attached hydrogens (primary N) is 1. The molecule has 2 fully saturated rings. The highest BCUT2D eigenvalue weighted by Crippen LogP contribution is 2.39. The van der Waals surface area contributed by atoms with Crippen molar-refractivity contribution in [2.45, 2.75) is 52.1 Å². The highest BCUT2D eigenvalue weighted by Gasteiger charge is 2.25. The number of ether oxygens (including phenoxy) is 2. The van der Waals surface area contributed by atoms with Gasteiger partial charge in [0.2, 0.25) is 0 Å². The van der Waals surface area contributed by atoms with E-state index in [-0.39, 0.29) is 29.8 Å². The van der Waals surface area contributed by atoms with Crippen molar-refractivity contribution in [1.82, 2.24) is 19.8 Å². The molecular formula is C36H42FN5O4S. The van der Waals surface area contributed by atoms with Gasteiger partial charge in [-0.25, -0.2) is 4.39 Å². The molecule has 0 bridgehead atoms. The van der Waals surface area contributed by atoms with Crippen molar-refractivity contribution in [3.05, 3.63) is 71.8 Å². The van der Waals surface area contributed by atoms with Crippen LogP contribution in [0.3, 0.4) is 0 Å². The molecule has 1 atom stereocenters. The van der Waals surface area contributed by atoms with E-state index in [2.05, 4.69) is 20.9 Å². The number of piperazine rings is 1. The highest BCUT2D eigenvalue weighted by atomic mass is 32.1. The number of hydrogen-bond acceptors (Lipinski definition) is 10. The van der Waals surface area contributed by atoms with Crippen LogP contribution in [0.5, 0.6) is 11.5 Å². The van der Waals surface area contributed by atoms with E-state index < -0.39 is 11.9 Å². The fourth-order valence-corrected chi connectivity index (χ4v) is 6.70. The van der Waals surface area contributed by atoms with Gasteiger partial charge < -0.3 is 15.2 Å².